The molecule has 1 atom stereocenters. The Bertz CT molecular complexity index is 1670. The smallest absolute Gasteiger partial charge is 0.306 e. The first-order chi connectivity index (χ1) is 36.0. The van der Waals surface area contributed by atoms with Crippen LogP contribution >= 0.6 is 0 Å². The topological polar surface area (TPSA) is 78.9 Å². The molecule has 408 valence electrons. The van der Waals surface area contributed by atoms with Gasteiger partial charge in [0.15, 0.2) is 6.10 Å². The Morgan fingerprint density at radius 3 is 0.973 bits per heavy atom. The first-order valence-electron chi connectivity index (χ1n) is 29.0. The lowest BCUT2D eigenvalue weighted by Crippen LogP contribution is -2.30. The quantitative estimate of drug-likeness (QED) is 0.0261. The van der Waals surface area contributed by atoms with Crippen LogP contribution < -0.4 is 0 Å². The van der Waals surface area contributed by atoms with E-state index in [9.17, 15) is 14.4 Å². The summed E-state index contributed by atoms with van der Waals surface area (Å²) in [5, 5.41) is 0. The van der Waals surface area contributed by atoms with Gasteiger partial charge in [0.25, 0.3) is 0 Å². The third-order valence-electron chi connectivity index (χ3n) is 11.5. The molecule has 0 amide bonds. The van der Waals surface area contributed by atoms with Crippen molar-refractivity contribution in [2.75, 3.05) is 13.2 Å². The zero-order chi connectivity index (χ0) is 52.9. The SMILES string of the molecule is CC/C=C\C/C=C\C/C=C\C/C=C\C/C=C\CCCCCC(=O)OC[C@H](COC(=O)CCC/C=C\C/C=C\C/C=C\CCCCCCCC)OC(=O)CC/C=C\C/C=C\C/C=C\C/C=C\C/C=C\CCCCC. The highest BCUT2D eigenvalue weighted by Gasteiger charge is 2.19. The predicted octanol–water partition coefficient (Wildman–Crippen LogP) is 19.8. The molecule has 0 radical (unpaired) electrons. The molecular formula is C67H104O6. The van der Waals surface area contributed by atoms with Crippen molar-refractivity contribution in [3.05, 3.63) is 158 Å². The number of allylic oxidation sites excluding steroid dienone is 26. The van der Waals surface area contributed by atoms with Crippen molar-refractivity contribution in [2.24, 2.45) is 0 Å². The summed E-state index contributed by atoms with van der Waals surface area (Å²) in [4.78, 5) is 38.1. The summed E-state index contributed by atoms with van der Waals surface area (Å²) in [6.45, 7) is 6.34. The van der Waals surface area contributed by atoms with Gasteiger partial charge in [-0.2, -0.15) is 0 Å². The molecule has 0 aliphatic rings. The summed E-state index contributed by atoms with van der Waals surface area (Å²) in [5.41, 5.74) is 0. The molecule has 0 aliphatic heterocycles. The number of ether oxygens (including phenoxy) is 3. The van der Waals surface area contributed by atoms with Gasteiger partial charge in [-0.25, -0.2) is 0 Å². The molecule has 0 aliphatic carbocycles. The van der Waals surface area contributed by atoms with E-state index in [1.807, 2.05) is 12.2 Å². The third-order valence-corrected chi connectivity index (χ3v) is 11.5. The van der Waals surface area contributed by atoms with Gasteiger partial charge < -0.3 is 14.2 Å². The Labute approximate surface area is 448 Å². The molecule has 0 bridgehead atoms. The van der Waals surface area contributed by atoms with E-state index in [-0.39, 0.29) is 44.4 Å². The average molecular weight is 1010 g/mol. The van der Waals surface area contributed by atoms with E-state index in [2.05, 4.69) is 167 Å². The van der Waals surface area contributed by atoms with Gasteiger partial charge in [-0.1, -0.05) is 230 Å². The van der Waals surface area contributed by atoms with Crippen LogP contribution in [-0.4, -0.2) is 37.2 Å². The molecule has 0 aromatic rings. The zero-order valence-corrected chi connectivity index (χ0v) is 46.6. The van der Waals surface area contributed by atoms with Gasteiger partial charge >= 0.3 is 17.9 Å². The second-order valence-electron chi connectivity index (χ2n) is 18.5. The molecule has 73 heavy (non-hydrogen) atoms. The van der Waals surface area contributed by atoms with Gasteiger partial charge in [-0.05, 0) is 135 Å². The van der Waals surface area contributed by atoms with Crippen molar-refractivity contribution >= 4 is 17.9 Å². The lowest BCUT2D eigenvalue weighted by atomic mass is 10.1. The highest BCUT2D eigenvalue weighted by atomic mass is 16.6. The fourth-order valence-corrected chi connectivity index (χ4v) is 7.17. The van der Waals surface area contributed by atoms with Crippen LogP contribution in [0, 0.1) is 0 Å². The van der Waals surface area contributed by atoms with Crippen LogP contribution in [0.5, 0.6) is 0 Å². The fourth-order valence-electron chi connectivity index (χ4n) is 7.17. The zero-order valence-electron chi connectivity index (χ0n) is 46.6. The van der Waals surface area contributed by atoms with Crippen LogP contribution in [0.3, 0.4) is 0 Å². The number of hydrogen-bond donors (Lipinski definition) is 0. The molecule has 0 unspecified atom stereocenters. The summed E-state index contributed by atoms with van der Waals surface area (Å²) < 4.78 is 16.7. The average Bonchev–Trinajstić information content (AvgIpc) is 3.39. The molecule has 6 heteroatoms. The lowest BCUT2D eigenvalue weighted by molar-refractivity contribution is -0.166. The van der Waals surface area contributed by atoms with Crippen LogP contribution in [0.2, 0.25) is 0 Å². The van der Waals surface area contributed by atoms with E-state index in [0.29, 0.717) is 12.8 Å². The Morgan fingerprint density at radius 1 is 0.288 bits per heavy atom. The van der Waals surface area contributed by atoms with Gasteiger partial charge in [0.2, 0.25) is 0 Å². The van der Waals surface area contributed by atoms with Crippen LogP contribution in [-0.2, 0) is 28.6 Å². The van der Waals surface area contributed by atoms with Crippen LogP contribution in [0.25, 0.3) is 0 Å². The molecule has 0 rings (SSSR count). The Balaban J connectivity index is 4.67. The molecule has 0 heterocycles. The minimum atomic E-state index is -0.861. The molecule has 0 aromatic heterocycles. The normalized spacial score (nSPS) is 13.3. The van der Waals surface area contributed by atoms with Crippen LogP contribution in [0.1, 0.15) is 226 Å². The van der Waals surface area contributed by atoms with Gasteiger partial charge in [-0.15, -0.1) is 0 Å². The van der Waals surface area contributed by atoms with E-state index in [1.165, 1.54) is 70.6 Å². The van der Waals surface area contributed by atoms with Gasteiger partial charge in [0.05, 0.1) is 0 Å². The first kappa shape index (κ1) is 68.0. The highest BCUT2D eigenvalue weighted by molar-refractivity contribution is 5.71. The van der Waals surface area contributed by atoms with Crippen molar-refractivity contribution < 1.29 is 28.6 Å². The maximum absolute atomic E-state index is 12.8. The Morgan fingerprint density at radius 2 is 0.575 bits per heavy atom. The number of hydrogen-bond acceptors (Lipinski definition) is 6. The largest absolute Gasteiger partial charge is 0.462 e. The molecule has 6 nitrogen and oxygen atoms in total. The van der Waals surface area contributed by atoms with E-state index in [0.717, 1.165) is 103 Å². The number of rotatable bonds is 50. The van der Waals surface area contributed by atoms with Crippen molar-refractivity contribution in [3.63, 3.8) is 0 Å². The maximum Gasteiger partial charge on any atom is 0.306 e. The van der Waals surface area contributed by atoms with Crippen molar-refractivity contribution in [1.82, 2.24) is 0 Å². The molecule has 0 spiro atoms. The monoisotopic (exact) mass is 1000 g/mol. The van der Waals surface area contributed by atoms with E-state index < -0.39 is 12.1 Å². The van der Waals surface area contributed by atoms with E-state index >= 15 is 0 Å². The van der Waals surface area contributed by atoms with Crippen molar-refractivity contribution in [2.45, 2.75) is 232 Å². The fraction of sp³-hybridized carbons (Fsp3) is 0.567. The molecule has 0 fully saturated rings. The van der Waals surface area contributed by atoms with Crippen LogP contribution in [0.15, 0.2) is 158 Å². The summed E-state index contributed by atoms with van der Waals surface area (Å²) in [6, 6.07) is 0. The predicted molar refractivity (Wildman–Crippen MR) is 315 cm³/mol. The summed E-state index contributed by atoms with van der Waals surface area (Å²) >= 11 is 0. The molecule has 0 N–H and O–H groups in total. The second-order valence-corrected chi connectivity index (χ2v) is 18.5. The Hall–Kier alpha value is -4.97. The summed E-state index contributed by atoms with van der Waals surface area (Å²) in [6.07, 6.45) is 86.8. The molecule has 0 saturated heterocycles. The number of unbranched alkanes of at least 4 members (excludes halogenated alkanes) is 13. The summed E-state index contributed by atoms with van der Waals surface area (Å²) in [7, 11) is 0. The van der Waals surface area contributed by atoms with Crippen molar-refractivity contribution in [1.29, 1.82) is 0 Å². The molecule has 0 aromatic carbocycles. The van der Waals surface area contributed by atoms with Crippen LogP contribution in [0.4, 0.5) is 0 Å². The molecule has 0 saturated carbocycles. The number of carbonyl (C=O) groups is 3. The van der Waals surface area contributed by atoms with Crippen molar-refractivity contribution in [3.8, 4) is 0 Å². The summed E-state index contributed by atoms with van der Waals surface area (Å²) in [5.74, 6) is -1.12. The van der Waals surface area contributed by atoms with E-state index in [1.54, 1.807) is 0 Å². The number of carbonyl (C=O) groups excluding carboxylic acids is 3. The number of esters is 3. The van der Waals surface area contributed by atoms with E-state index in [4.69, 9.17) is 14.2 Å². The molecular weight excluding hydrogens is 901 g/mol. The maximum atomic E-state index is 12.8. The van der Waals surface area contributed by atoms with Gasteiger partial charge in [-0.3, -0.25) is 14.4 Å². The second kappa shape index (κ2) is 59.6. The first-order valence-corrected chi connectivity index (χ1v) is 29.0. The highest BCUT2D eigenvalue weighted by Crippen LogP contribution is 2.11. The minimum absolute atomic E-state index is 0.148. The Kier molecular flexibility index (Phi) is 55.5. The standard InChI is InChI=1S/C67H104O6/c1-4-7-10-13-16-19-22-25-28-31-33-36-39-42-45-48-51-54-57-60-66(69)72-63-64(62-71-65(68)59-56-53-50-47-44-41-38-35-30-27-24-21-18-15-12-9-6-3)73-67(70)61-58-55-52-49-46-43-40-37-34-32-29-26-23-20-17-14-11-8-5-2/h7,10,16-17,19-20,25-30,33-34,36-38,41-43,45-47,50,52,55,64H,4-6,8-9,11-15,18,21-24,31-32,35,39-40,44,48-49,51,53-54,56-63H2,1-3H3/b10-7-,19-16-,20-17-,28-25-,29-26-,30-27-,36-33-,37-34-,41-38-,45-42-,46-43-,50-47-,55-52-/t64-/m0/s1. The minimum Gasteiger partial charge on any atom is -0.462 e. The third kappa shape index (κ3) is 57.8. The lowest BCUT2D eigenvalue weighted by Gasteiger charge is -2.18. The van der Waals surface area contributed by atoms with Gasteiger partial charge in [0, 0.05) is 19.3 Å². The van der Waals surface area contributed by atoms with Gasteiger partial charge in [0.1, 0.15) is 13.2 Å².